The maximum Gasteiger partial charge on any atom is 0.573 e. The van der Waals surface area contributed by atoms with Crippen molar-refractivity contribution in [2.75, 3.05) is 30.5 Å². The Kier molecular flexibility index (Phi) is 7.87. The molecule has 2 amide bonds. The molecule has 0 aliphatic carbocycles. The number of fused-ring (bicyclic) bond motifs is 3. The van der Waals surface area contributed by atoms with E-state index in [9.17, 15) is 37.8 Å². The molecule has 2 unspecified atom stereocenters. The minimum atomic E-state index is -5.03. The van der Waals surface area contributed by atoms with Gasteiger partial charge in [-0.25, -0.2) is 4.79 Å². The number of methoxy groups -OCH3 is 1. The molecule has 2 aromatic carbocycles. The summed E-state index contributed by atoms with van der Waals surface area (Å²) in [5, 5.41) is 29.0. The van der Waals surface area contributed by atoms with Gasteiger partial charge < -0.3 is 29.9 Å². The number of nitrogens with one attached hydrogen (secondary N) is 3. The zero-order valence-corrected chi connectivity index (χ0v) is 20.0. The van der Waals surface area contributed by atoms with E-state index in [0.29, 0.717) is 12.2 Å². The Morgan fingerprint density at radius 2 is 1.97 bits per heavy atom. The number of amides is 2. The van der Waals surface area contributed by atoms with Gasteiger partial charge in [-0.1, -0.05) is 6.07 Å². The number of halogens is 3. The van der Waals surface area contributed by atoms with E-state index in [-0.39, 0.29) is 24.4 Å². The highest BCUT2D eigenvalue weighted by Gasteiger charge is 2.41. The number of ether oxygens (including phenoxy) is 2. The first-order valence-corrected chi connectivity index (χ1v) is 11.5. The smallest absolute Gasteiger partial charge is 0.465 e. The molecule has 38 heavy (non-hydrogen) atoms. The van der Waals surface area contributed by atoms with Crippen LogP contribution in [-0.2, 0) is 20.9 Å². The summed E-state index contributed by atoms with van der Waals surface area (Å²) in [5.41, 5.74) is 1.84. The molecule has 0 aromatic heterocycles. The van der Waals surface area contributed by atoms with E-state index in [1.165, 1.54) is 0 Å². The van der Waals surface area contributed by atoms with E-state index in [4.69, 9.17) is 0 Å². The molecule has 5 N–H and O–H groups in total. The quantitative estimate of drug-likeness (QED) is 0.233. The molecule has 1 saturated heterocycles. The van der Waals surface area contributed by atoms with E-state index in [2.05, 4.69) is 25.4 Å². The lowest BCUT2D eigenvalue weighted by Crippen LogP contribution is -2.39. The first kappa shape index (κ1) is 27.3. The van der Waals surface area contributed by atoms with Gasteiger partial charge in [0.2, 0.25) is 5.91 Å². The third-order valence-corrected chi connectivity index (χ3v) is 6.03. The number of benzene rings is 2. The van der Waals surface area contributed by atoms with E-state index in [0.717, 1.165) is 41.3 Å². The van der Waals surface area contributed by atoms with Crippen LogP contribution in [0.3, 0.4) is 0 Å². The molecule has 2 heterocycles. The van der Waals surface area contributed by atoms with Crippen LogP contribution in [0.2, 0.25) is 0 Å². The fraction of sp³-hybridized carbons (Fsp3) is 0.375. The summed E-state index contributed by atoms with van der Waals surface area (Å²) < 4.78 is 46.3. The molecule has 14 heteroatoms. The van der Waals surface area contributed by atoms with Gasteiger partial charge in [-0.05, 0) is 41.5 Å². The molecule has 11 nitrogen and oxygen atoms in total. The second-order valence-electron chi connectivity index (χ2n) is 8.61. The van der Waals surface area contributed by atoms with Crippen LogP contribution in [-0.4, -0.2) is 66.9 Å². The molecule has 1 fully saturated rings. The molecule has 204 valence electrons. The summed E-state index contributed by atoms with van der Waals surface area (Å²) in [6.07, 6.45) is -7.33. The number of rotatable bonds is 9. The van der Waals surface area contributed by atoms with E-state index < -0.39 is 54.6 Å². The van der Waals surface area contributed by atoms with Crippen LogP contribution in [0.1, 0.15) is 33.9 Å². The number of aliphatic hydroxyl groups excluding tert-OH is 2. The number of aliphatic hydroxyl groups is 2. The third-order valence-electron chi connectivity index (χ3n) is 6.03. The number of carbonyl (C=O) groups is 3. The normalized spacial score (nSPS) is 18.5. The van der Waals surface area contributed by atoms with Crippen molar-refractivity contribution in [3.63, 3.8) is 0 Å². The van der Waals surface area contributed by atoms with Crippen LogP contribution in [0.5, 0.6) is 5.75 Å². The predicted molar refractivity (Wildman–Crippen MR) is 126 cm³/mol. The minimum absolute atomic E-state index is 0.202. The number of hydrogen-bond donors (Lipinski definition) is 5. The third kappa shape index (κ3) is 6.22. The minimum Gasteiger partial charge on any atom is -0.465 e. The molecule has 0 spiro atoms. The summed E-state index contributed by atoms with van der Waals surface area (Å²) in [7, 11) is 0.992. The largest absolute Gasteiger partial charge is 0.573 e. The van der Waals surface area contributed by atoms with Gasteiger partial charge in [0, 0.05) is 18.8 Å². The van der Waals surface area contributed by atoms with Crippen LogP contribution in [0.25, 0.3) is 0 Å². The highest BCUT2D eigenvalue weighted by atomic mass is 19.4. The zero-order valence-electron chi connectivity index (χ0n) is 20.0. The number of alkyl halides is 3. The van der Waals surface area contributed by atoms with Gasteiger partial charge in [0.25, 0.3) is 5.91 Å². The van der Waals surface area contributed by atoms with Crippen LogP contribution in [0, 0.1) is 0 Å². The molecule has 2 aliphatic rings. The van der Waals surface area contributed by atoms with E-state index in [1.54, 1.807) is 12.1 Å². The lowest BCUT2D eigenvalue weighted by molar-refractivity contribution is -0.274. The fourth-order valence-corrected chi connectivity index (χ4v) is 4.24. The van der Waals surface area contributed by atoms with Gasteiger partial charge in [-0.2, -0.15) is 0 Å². The van der Waals surface area contributed by atoms with Gasteiger partial charge in [0.05, 0.1) is 43.6 Å². The molecule has 2 aromatic rings. The van der Waals surface area contributed by atoms with Crippen molar-refractivity contribution >= 4 is 29.2 Å². The zero-order chi connectivity index (χ0) is 27.6. The van der Waals surface area contributed by atoms with Crippen molar-refractivity contribution in [3.05, 3.63) is 53.1 Å². The van der Waals surface area contributed by atoms with Crippen molar-refractivity contribution < 1.29 is 47.2 Å². The van der Waals surface area contributed by atoms with E-state index in [1.807, 2.05) is 6.07 Å². The Bertz CT molecular complexity index is 1240. The Morgan fingerprint density at radius 3 is 2.66 bits per heavy atom. The van der Waals surface area contributed by atoms with Crippen molar-refractivity contribution in [3.8, 4) is 5.75 Å². The first-order valence-electron chi connectivity index (χ1n) is 11.5. The number of carbonyl (C=O) groups excluding carboxylic acids is 3. The van der Waals surface area contributed by atoms with Gasteiger partial charge >= 0.3 is 12.3 Å². The first-order chi connectivity index (χ1) is 18.0. The summed E-state index contributed by atoms with van der Waals surface area (Å²) in [6.45, 7) is -0.375. The Labute approximate surface area is 214 Å². The highest BCUT2D eigenvalue weighted by Crippen LogP contribution is 2.36. The van der Waals surface area contributed by atoms with Gasteiger partial charge in [0.1, 0.15) is 11.9 Å². The highest BCUT2D eigenvalue weighted by molar-refractivity contribution is 6.05. The Balaban J connectivity index is 1.48. The molecule has 0 radical (unpaired) electrons. The number of anilines is 2. The second-order valence-corrected chi connectivity index (χ2v) is 8.61. The monoisotopic (exact) mass is 538 g/mol. The molecular weight excluding hydrogens is 513 g/mol. The maximum absolute atomic E-state index is 13.0. The summed E-state index contributed by atoms with van der Waals surface area (Å²) in [4.78, 5) is 38.7. The van der Waals surface area contributed by atoms with Crippen LogP contribution in [0.4, 0.5) is 24.5 Å². The predicted octanol–water partition coefficient (Wildman–Crippen LogP) is 1.16. The average Bonchev–Trinajstić information content (AvgIpc) is 3.66. The average molecular weight is 538 g/mol. The lowest BCUT2D eigenvalue weighted by Gasteiger charge is -2.25. The summed E-state index contributed by atoms with van der Waals surface area (Å²) in [5.74, 6) is -3.55. The van der Waals surface area contributed by atoms with Crippen LogP contribution in [0.15, 0.2) is 36.4 Å². The molecule has 0 bridgehead atoms. The Morgan fingerprint density at radius 1 is 1.21 bits per heavy atom. The Hall–Kier alpha value is -3.72. The van der Waals surface area contributed by atoms with E-state index >= 15 is 0 Å². The topological polar surface area (TPSA) is 159 Å². The van der Waals surface area contributed by atoms with Crippen molar-refractivity contribution in [2.24, 2.45) is 0 Å². The number of hydrogen-bond acceptors (Lipinski definition) is 9. The summed E-state index contributed by atoms with van der Waals surface area (Å²) in [6, 6.07) is 8.14. The van der Waals surface area contributed by atoms with Crippen molar-refractivity contribution in [1.29, 1.82) is 0 Å². The maximum atomic E-state index is 13.0. The molecule has 2 aliphatic heterocycles. The fourth-order valence-electron chi connectivity index (χ4n) is 4.24. The number of esters is 1. The lowest BCUT2D eigenvalue weighted by atomic mass is 10.00. The molecule has 0 saturated carbocycles. The molecular formula is C24H25F3N4O7. The van der Waals surface area contributed by atoms with Crippen molar-refractivity contribution in [1.82, 2.24) is 10.6 Å². The van der Waals surface area contributed by atoms with Crippen LogP contribution >= 0.6 is 0 Å². The van der Waals surface area contributed by atoms with Crippen molar-refractivity contribution in [2.45, 2.75) is 37.6 Å². The summed E-state index contributed by atoms with van der Waals surface area (Å²) >= 11 is 0. The van der Waals surface area contributed by atoms with Gasteiger partial charge in [0.15, 0.2) is 0 Å². The molecule has 4 rings (SSSR count). The second kappa shape index (κ2) is 10.9. The van der Waals surface area contributed by atoms with Gasteiger partial charge in [-0.15, -0.1) is 13.2 Å². The van der Waals surface area contributed by atoms with Crippen LogP contribution < -0.4 is 25.6 Å². The van der Waals surface area contributed by atoms with Gasteiger partial charge in [-0.3, -0.25) is 20.2 Å². The number of nitrogens with zero attached hydrogens (tertiary/aromatic N) is 1. The SMILES string of the molecule is COC(=O)c1cc(OC(F)(F)F)ccc1N(CCO)C(=O)C[C@@H](O)C(=O)Nc1ccc2c(c1)CNC1NC21. The standard InChI is InChI=1S/C24H25F3N4O7/c1-37-23(36)16-9-14(38-24(25,26)27)3-5-17(16)31(6-7-32)19(34)10-18(33)22(35)29-13-2-4-15-12(8-13)11-28-21-20(15)30-21/h2-5,8-9,18,20-21,28,30,32-33H,6-7,10-11H2,1H3,(H,29,35)/t18-,20?,21?/m1/s1. The molecule has 3 atom stereocenters.